The number of aromatic amines is 1. The van der Waals surface area contributed by atoms with Crippen LogP contribution in [0.3, 0.4) is 0 Å². The van der Waals surface area contributed by atoms with Crippen LogP contribution in [0.1, 0.15) is 48.8 Å². The minimum atomic E-state index is -0.244. The number of carbonyl (C=O) groups is 1. The summed E-state index contributed by atoms with van der Waals surface area (Å²) < 4.78 is 0. The van der Waals surface area contributed by atoms with Gasteiger partial charge in [-0.2, -0.15) is 0 Å². The van der Waals surface area contributed by atoms with Crippen LogP contribution in [0.2, 0.25) is 0 Å². The van der Waals surface area contributed by atoms with Gasteiger partial charge in [-0.25, -0.2) is 15.0 Å². The van der Waals surface area contributed by atoms with Gasteiger partial charge in [0.15, 0.2) is 5.69 Å². The normalized spacial score (nSPS) is 10.7. The summed E-state index contributed by atoms with van der Waals surface area (Å²) in [5, 5.41) is 5.91. The first-order chi connectivity index (χ1) is 10.1. The van der Waals surface area contributed by atoms with Crippen molar-refractivity contribution in [3.05, 3.63) is 35.9 Å². The largest absolute Gasteiger partial charge is 0.382 e. The van der Waals surface area contributed by atoms with Crippen molar-refractivity contribution < 1.29 is 4.79 Å². The van der Waals surface area contributed by atoms with Gasteiger partial charge in [0.25, 0.3) is 5.91 Å². The van der Waals surface area contributed by atoms with Gasteiger partial charge in [0.1, 0.15) is 11.6 Å². The maximum absolute atomic E-state index is 12.3. The molecule has 0 aromatic carbocycles. The van der Waals surface area contributed by atoms with Crippen molar-refractivity contribution in [2.24, 2.45) is 0 Å². The van der Waals surface area contributed by atoms with E-state index in [2.05, 4.69) is 30.6 Å². The predicted octanol–water partition coefficient (Wildman–Crippen LogP) is 1.68. The number of H-pyrrole nitrogens is 1. The predicted molar refractivity (Wildman–Crippen MR) is 80.0 cm³/mol. The smallest absolute Gasteiger partial charge is 0.272 e. The average Bonchev–Trinajstić information content (AvgIpc) is 2.98. The van der Waals surface area contributed by atoms with Crippen LogP contribution in [-0.2, 0) is 6.54 Å². The molecule has 2 aromatic heterocycles. The van der Waals surface area contributed by atoms with Gasteiger partial charge < -0.3 is 15.6 Å². The highest BCUT2D eigenvalue weighted by molar-refractivity contribution is 5.97. The first kappa shape index (κ1) is 15.0. The van der Waals surface area contributed by atoms with Gasteiger partial charge in [-0.1, -0.05) is 13.8 Å². The highest BCUT2D eigenvalue weighted by Crippen LogP contribution is 2.16. The molecule has 0 aliphatic carbocycles. The molecule has 3 N–H and O–H groups in total. The van der Waals surface area contributed by atoms with Gasteiger partial charge in [0.2, 0.25) is 0 Å². The van der Waals surface area contributed by atoms with Crippen LogP contribution in [-0.4, -0.2) is 32.4 Å². The van der Waals surface area contributed by atoms with Crippen molar-refractivity contribution in [1.82, 2.24) is 25.3 Å². The van der Waals surface area contributed by atoms with E-state index in [0.717, 1.165) is 0 Å². The number of aromatic nitrogens is 4. The maximum atomic E-state index is 12.3. The molecule has 0 atom stereocenters. The van der Waals surface area contributed by atoms with E-state index >= 15 is 0 Å². The van der Waals surface area contributed by atoms with E-state index in [-0.39, 0.29) is 11.8 Å². The molecule has 2 rings (SSSR count). The summed E-state index contributed by atoms with van der Waals surface area (Å²) in [6.45, 7) is 6.97. The molecule has 21 heavy (non-hydrogen) atoms. The molecular formula is C14H20N6O. The number of hydrogen-bond donors (Lipinski definition) is 3. The Morgan fingerprint density at radius 2 is 2.19 bits per heavy atom. The number of hydrogen-bond acceptors (Lipinski definition) is 5. The molecule has 0 aliphatic heterocycles. The third-order valence-corrected chi connectivity index (χ3v) is 2.88. The van der Waals surface area contributed by atoms with Crippen LogP contribution in [0.15, 0.2) is 18.6 Å². The quantitative estimate of drug-likeness (QED) is 0.751. The number of nitrogens with one attached hydrogen (secondary N) is 3. The molecule has 2 aromatic rings. The van der Waals surface area contributed by atoms with Gasteiger partial charge in [-0.05, 0) is 6.92 Å². The van der Waals surface area contributed by atoms with Crippen LogP contribution in [0.5, 0.6) is 0 Å². The van der Waals surface area contributed by atoms with E-state index in [1.807, 2.05) is 20.8 Å². The standard InChI is InChI=1S/C14H20N6O/c1-4-15-10-7-18-13(9(2)3)20-12(10)14(21)19-8-11-16-5-6-17-11/h5-7,9,15H,4,8H2,1-3H3,(H,16,17)(H,19,21). The summed E-state index contributed by atoms with van der Waals surface area (Å²) in [6.07, 6.45) is 5.02. The number of nitrogens with zero attached hydrogens (tertiary/aromatic N) is 3. The Labute approximate surface area is 123 Å². The van der Waals surface area contributed by atoms with Crippen molar-refractivity contribution in [2.45, 2.75) is 33.2 Å². The number of carbonyl (C=O) groups excluding carboxylic acids is 1. The van der Waals surface area contributed by atoms with Crippen molar-refractivity contribution in [3.63, 3.8) is 0 Å². The first-order valence-electron chi connectivity index (χ1n) is 6.99. The molecule has 112 valence electrons. The van der Waals surface area contributed by atoms with Crippen molar-refractivity contribution in [3.8, 4) is 0 Å². The topological polar surface area (TPSA) is 95.6 Å². The Morgan fingerprint density at radius 1 is 1.38 bits per heavy atom. The lowest BCUT2D eigenvalue weighted by Gasteiger charge is -2.12. The van der Waals surface area contributed by atoms with Crippen molar-refractivity contribution in [1.29, 1.82) is 0 Å². The fourth-order valence-electron chi connectivity index (χ4n) is 1.81. The number of anilines is 1. The molecule has 0 radical (unpaired) electrons. The van der Waals surface area contributed by atoms with Crippen LogP contribution in [0.4, 0.5) is 5.69 Å². The molecule has 0 unspecified atom stereocenters. The molecule has 2 heterocycles. The van der Waals surface area contributed by atoms with E-state index in [9.17, 15) is 4.79 Å². The van der Waals surface area contributed by atoms with E-state index in [1.54, 1.807) is 18.6 Å². The summed E-state index contributed by atoms with van der Waals surface area (Å²) in [6, 6.07) is 0. The second-order valence-corrected chi connectivity index (χ2v) is 4.89. The Morgan fingerprint density at radius 3 is 2.81 bits per heavy atom. The zero-order valence-electron chi connectivity index (χ0n) is 12.5. The zero-order valence-corrected chi connectivity index (χ0v) is 12.5. The molecule has 7 heteroatoms. The molecule has 0 aliphatic rings. The Hall–Kier alpha value is -2.44. The minimum absolute atomic E-state index is 0.164. The third kappa shape index (κ3) is 3.77. The third-order valence-electron chi connectivity index (χ3n) is 2.88. The van der Waals surface area contributed by atoms with Crippen LogP contribution >= 0.6 is 0 Å². The summed E-state index contributed by atoms with van der Waals surface area (Å²) in [5.41, 5.74) is 1.00. The van der Waals surface area contributed by atoms with Gasteiger partial charge in [0.05, 0.1) is 18.4 Å². The van der Waals surface area contributed by atoms with Gasteiger partial charge in [-0.3, -0.25) is 4.79 Å². The summed E-state index contributed by atoms with van der Waals surface area (Å²) in [5.74, 6) is 1.27. The lowest BCUT2D eigenvalue weighted by molar-refractivity contribution is 0.0945. The van der Waals surface area contributed by atoms with E-state index < -0.39 is 0 Å². The fourth-order valence-corrected chi connectivity index (χ4v) is 1.81. The molecular weight excluding hydrogens is 268 g/mol. The molecule has 0 saturated heterocycles. The lowest BCUT2D eigenvalue weighted by Crippen LogP contribution is -2.26. The van der Waals surface area contributed by atoms with E-state index in [0.29, 0.717) is 36.1 Å². The number of rotatable bonds is 6. The zero-order chi connectivity index (χ0) is 15.2. The summed E-state index contributed by atoms with van der Waals surface area (Å²) in [7, 11) is 0. The molecule has 1 amide bonds. The number of amides is 1. The molecule has 7 nitrogen and oxygen atoms in total. The Kier molecular flexibility index (Phi) is 4.86. The molecule has 0 spiro atoms. The maximum Gasteiger partial charge on any atom is 0.272 e. The van der Waals surface area contributed by atoms with Gasteiger partial charge >= 0.3 is 0 Å². The van der Waals surface area contributed by atoms with E-state index in [4.69, 9.17) is 0 Å². The fraction of sp³-hybridized carbons (Fsp3) is 0.429. The Balaban J connectivity index is 2.18. The molecule has 0 bridgehead atoms. The lowest BCUT2D eigenvalue weighted by atomic mass is 10.2. The number of imidazole rings is 1. The van der Waals surface area contributed by atoms with Gasteiger partial charge in [-0.15, -0.1) is 0 Å². The second-order valence-electron chi connectivity index (χ2n) is 4.89. The van der Waals surface area contributed by atoms with E-state index in [1.165, 1.54) is 0 Å². The summed E-state index contributed by atoms with van der Waals surface area (Å²) >= 11 is 0. The van der Waals surface area contributed by atoms with Crippen molar-refractivity contribution in [2.75, 3.05) is 11.9 Å². The Bertz CT molecular complexity index is 594. The molecule has 0 saturated carbocycles. The second kappa shape index (κ2) is 6.83. The first-order valence-corrected chi connectivity index (χ1v) is 6.99. The van der Waals surface area contributed by atoms with Gasteiger partial charge in [0, 0.05) is 24.9 Å². The highest BCUT2D eigenvalue weighted by atomic mass is 16.1. The highest BCUT2D eigenvalue weighted by Gasteiger charge is 2.16. The minimum Gasteiger partial charge on any atom is -0.382 e. The van der Waals surface area contributed by atoms with Crippen molar-refractivity contribution >= 4 is 11.6 Å². The monoisotopic (exact) mass is 288 g/mol. The molecule has 0 fully saturated rings. The van der Waals surface area contributed by atoms with Crippen LogP contribution in [0, 0.1) is 0 Å². The van der Waals surface area contributed by atoms with Crippen LogP contribution < -0.4 is 10.6 Å². The summed E-state index contributed by atoms with van der Waals surface area (Å²) in [4.78, 5) is 28.0. The SMILES string of the molecule is CCNc1cnc(C(C)C)nc1C(=O)NCc1ncc[nH]1. The van der Waals surface area contributed by atoms with Crippen LogP contribution in [0.25, 0.3) is 0 Å². The average molecular weight is 288 g/mol.